The van der Waals surface area contributed by atoms with Crippen molar-refractivity contribution < 1.29 is 80.5 Å². The number of benzene rings is 10. The van der Waals surface area contributed by atoms with Gasteiger partial charge in [0.25, 0.3) is 11.8 Å². The maximum absolute atomic E-state index is 11.8. The monoisotopic (exact) mass is 2480 g/mol. The summed E-state index contributed by atoms with van der Waals surface area (Å²) < 4.78 is 34.5. The molecule has 721 valence electrons. The Morgan fingerprint density at radius 3 is 0.925 bits per heavy atom. The summed E-state index contributed by atoms with van der Waals surface area (Å²) in [6.07, 6.45) is 5.29. The zero-order valence-corrected chi connectivity index (χ0v) is 92.0. The molecule has 134 heavy (non-hydrogen) atoms. The molecule has 16 N–H and O–H groups in total. The number of imide groups is 2. The quantitative estimate of drug-likeness (QED) is 0.00896. The number of rotatable bonds is 29. The van der Waals surface area contributed by atoms with E-state index in [1.807, 2.05) is 169 Å². The molecule has 6 amide bonds. The molecule has 0 aromatic heterocycles. The van der Waals surface area contributed by atoms with Crippen molar-refractivity contribution in [3.05, 3.63) is 310 Å². The summed E-state index contributed by atoms with van der Waals surface area (Å²) in [4.78, 5) is 78.9. The predicted molar refractivity (Wildman–Crippen MR) is 586 cm³/mol. The topological polar surface area (TPSA) is 391 Å². The van der Waals surface area contributed by atoms with Crippen LogP contribution in [0.2, 0.25) is 0 Å². The van der Waals surface area contributed by atoms with Gasteiger partial charge in [0.05, 0.1) is 0 Å². The van der Waals surface area contributed by atoms with Crippen LogP contribution in [0.3, 0.4) is 0 Å². The first-order valence-electron chi connectivity index (χ1n) is 45.6. The average Bonchev–Trinajstić information content (AvgIpc) is 1.35. The average molecular weight is 2480 g/mol. The number of carbonyl (C=O) groups is 7. The SMILES string of the molecule is CC(C)c1cc(Cc2c(Br)cc(CC3NC(=O)NC3=O)cc2Br)ccc1O.Cc1cc(CC2NC(=O)NC2=O)cc(C)c1Cc1ccc(O)c(C(C)C)c1.Cc1cc(C[C@H](N)C(=O)O)cc(Br)c1Cc1ccc(O)c(C(C)C)c1.Cc1cc(C[C@H](N)C(=O)O)cc(C)c1Cc1ccc(O)c(C(C)C)c1.Cc1cc(OCC(=O)O)cc(C)c1Cc1ccc(O)c(C(C)C)c1.[2H]I(I)C[3H].[2H]I(I)[B][3H]. The number of phenolic OH excluding ortho intramolecular Hbond substituents is 5. The Balaban J connectivity index is 0.000000258. The number of alkyl halides is 1. The van der Waals surface area contributed by atoms with Crippen LogP contribution in [0, 0.1) is 48.5 Å². The van der Waals surface area contributed by atoms with E-state index in [1.54, 1.807) is 30.3 Å². The van der Waals surface area contributed by atoms with Gasteiger partial charge in [0.1, 0.15) is 58.7 Å². The third-order valence-corrected chi connectivity index (χ3v) is 25.0. The van der Waals surface area contributed by atoms with Gasteiger partial charge in [0.15, 0.2) is 6.61 Å². The van der Waals surface area contributed by atoms with Crippen LogP contribution in [0.5, 0.6) is 34.5 Å². The van der Waals surface area contributed by atoms with Gasteiger partial charge in [-0.2, -0.15) is 0 Å². The number of halogens is 7. The van der Waals surface area contributed by atoms with E-state index in [-0.39, 0.29) is 48.0 Å². The van der Waals surface area contributed by atoms with Gasteiger partial charge in [-0.15, -0.1) is 0 Å². The van der Waals surface area contributed by atoms with Crippen molar-refractivity contribution in [3.63, 3.8) is 0 Å². The molecule has 22 nitrogen and oxygen atoms in total. The number of carbonyl (C=O) groups excluding carboxylic acids is 4. The third kappa shape index (κ3) is 35.3. The number of aromatic hydroxyl groups is 5. The van der Waals surface area contributed by atoms with Gasteiger partial charge in [-0.25, -0.2) is 14.4 Å². The molecule has 0 bridgehead atoms. The first-order chi connectivity index (χ1) is 64.7. The van der Waals surface area contributed by atoms with Crippen LogP contribution >= 0.6 is 119 Å². The number of aliphatic carboxylic acids is 3. The van der Waals surface area contributed by atoms with Crippen molar-refractivity contribution in [3.8, 4) is 34.5 Å². The number of hydrogen-bond acceptors (Lipinski definition) is 15. The van der Waals surface area contributed by atoms with Crippen LogP contribution < -0.4 is 37.5 Å². The molecule has 12 rings (SSSR count). The fourth-order valence-electron chi connectivity index (χ4n) is 15.8. The zero-order chi connectivity index (χ0) is 103. The Hall–Kier alpha value is -8.37. The Kier molecular flexibility index (Phi) is 43.9. The molecule has 2 fully saturated rings. The van der Waals surface area contributed by atoms with Gasteiger partial charge in [-0.05, 0) is 328 Å². The Morgan fingerprint density at radius 1 is 0.425 bits per heavy atom. The molecular weight excluding hydrogens is 2350 g/mol. The van der Waals surface area contributed by atoms with Crippen molar-refractivity contribution in [2.75, 3.05) is 11.5 Å². The summed E-state index contributed by atoms with van der Waals surface area (Å²) in [5.41, 5.74) is 40.4. The summed E-state index contributed by atoms with van der Waals surface area (Å²) in [5, 5.41) is 86.4. The number of amides is 6. The molecule has 4 atom stereocenters. The van der Waals surface area contributed by atoms with E-state index < -0.39 is 88.0 Å². The Morgan fingerprint density at radius 2 is 0.672 bits per heavy atom. The molecular formula is C104H127BBr3I4N6O16. The number of carboxylic acid groups (broad SMARTS) is 3. The maximum atomic E-state index is 11.8. The van der Waals surface area contributed by atoms with Crippen molar-refractivity contribution >= 4 is 166 Å². The van der Waals surface area contributed by atoms with Crippen LogP contribution in [0.1, 0.15) is 245 Å². The van der Waals surface area contributed by atoms with Crippen LogP contribution in [0.4, 0.5) is 9.59 Å². The Bertz CT molecular complexity index is 5550. The zero-order valence-electron chi connectivity index (χ0n) is 82.6. The number of hydrogen-bond donors (Lipinski definition) is 14. The van der Waals surface area contributed by atoms with E-state index in [4.69, 9.17) is 35.4 Å². The van der Waals surface area contributed by atoms with Gasteiger partial charge < -0.3 is 67.7 Å². The first-order valence-corrected chi connectivity index (χ1v) is 61.3. The second kappa shape index (κ2) is 54.7. The number of ether oxygens (including phenoxy) is 1. The number of nitrogens with one attached hydrogen (secondary N) is 4. The number of urea groups is 2. The van der Waals surface area contributed by atoms with E-state index >= 15 is 0 Å². The van der Waals surface area contributed by atoms with Gasteiger partial charge in [0, 0.05) is 26.3 Å². The fourth-order valence-corrected chi connectivity index (χ4v) is 18.1. The van der Waals surface area contributed by atoms with Crippen LogP contribution in [-0.2, 0) is 81.8 Å². The summed E-state index contributed by atoms with van der Waals surface area (Å²) in [6, 6.07) is 44.9. The second-order valence-corrected chi connectivity index (χ2v) is 45.7. The second-order valence-electron chi connectivity index (χ2n) is 35.1. The molecule has 10 aromatic carbocycles. The van der Waals surface area contributed by atoms with Crippen molar-refractivity contribution in [1.29, 1.82) is 2.52 Å². The first kappa shape index (κ1) is 108. The van der Waals surface area contributed by atoms with E-state index in [9.17, 15) is 59.1 Å². The van der Waals surface area contributed by atoms with Gasteiger partial charge >= 0.3 is 116 Å². The van der Waals surface area contributed by atoms with Gasteiger partial charge in [0.2, 0.25) is 0 Å². The minimum absolute atomic E-state index is 0.243. The van der Waals surface area contributed by atoms with E-state index in [1.165, 1.54) is 22.4 Å². The fraction of sp³-hybridized carbons (Fsp3) is 0.356. The number of phenols is 5. The third-order valence-electron chi connectivity index (χ3n) is 22.8. The molecule has 2 unspecified atom stereocenters. The molecule has 0 spiro atoms. The number of carboxylic acids is 3. The molecule has 1 radical (unpaired) electrons. The molecule has 2 heterocycles. The summed E-state index contributed by atoms with van der Waals surface area (Å²) >= 11 is 12.0. The van der Waals surface area contributed by atoms with Crippen molar-refractivity contribution in [2.45, 2.75) is 229 Å². The summed E-state index contributed by atoms with van der Waals surface area (Å²) in [6.45, 7) is 34.5. The molecule has 0 aliphatic carbocycles. The Labute approximate surface area is 858 Å². The number of nitrogens with two attached hydrogens (primary N) is 2. The van der Waals surface area contributed by atoms with E-state index in [0.717, 1.165) is 167 Å². The van der Waals surface area contributed by atoms with E-state index in [2.05, 4.69) is 176 Å². The van der Waals surface area contributed by atoms with Gasteiger partial charge in [-0.3, -0.25) is 29.8 Å². The van der Waals surface area contributed by atoms with Crippen LogP contribution in [0.25, 0.3) is 0 Å². The van der Waals surface area contributed by atoms with Crippen molar-refractivity contribution in [1.82, 2.24) is 21.3 Å². The standard InChI is InChI=1S/C22H26N2O3.C21H27NO3.C20H20Br2N2O3.C20H24BrNO3.C20H24O4.CH4I2.BH2I2/c1-12(2)17-9-15(5-6-20(17)25)10-18-13(3)7-16(8-14(18)4)11-19-21(26)24-22(27)23-19;1-12(2)17-9-15(5-6-20(17)23)10-18-13(3)7-16(8-14(18)4)11-19(22)21(24)25;1-10(2)13-5-11(3-4-18(13)25)6-14-15(21)7-12(8-16(14)22)9-17-19(26)24-20(27)23-17;1-11(2)15-7-13(4-5-19(15)23)8-16-12(3)6-14(9-17(16)21)10-18(22)20(24)25;1-12(2)17-9-15(5-6-19(17)21)10-18-13(3)7-16(8-14(18)4)24-11-20(22)23;2*1-3-2/h5-9,12,19,25H,10-11H2,1-4H3,(H2,23,24,26,27);5-9,12,19,23H,10-11,22H2,1-4H3,(H,24,25);3-5,7-8,10,17,25H,6,9H2,1-2H3,(H2,23,24,26,27);4-7,9,11,18,23H,8,10,22H2,1-3H3,(H,24,25);5-9,12,21H,10-11H2,1-4H3,(H,22,23);3H,1H3;1,3H/t;19-;;18-;;;/m.0.0.../s1/i;;;;;2*1T,3D. The van der Waals surface area contributed by atoms with Crippen LogP contribution in [-0.4, -0.2) is 127 Å². The summed E-state index contributed by atoms with van der Waals surface area (Å²) in [5.74, 6) is -0.0194. The van der Waals surface area contributed by atoms with Crippen molar-refractivity contribution in [2.24, 2.45) is 11.5 Å². The van der Waals surface area contributed by atoms with Gasteiger partial charge in [-0.1, -0.05) is 208 Å². The molecule has 2 aliphatic rings. The molecule has 2 saturated heterocycles. The van der Waals surface area contributed by atoms with Crippen LogP contribution in [0.15, 0.2) is 165 Å². The summed E-state index contributed by atoms with van der Waals surface area (Å²) in [7, 11) is 0. The normalized spacial score (nSPS) is 14.1. The number of aryl methyl sites for hydroxylation is 7. The predicted octanol–water partition coefficient (Wildman–Crippen LogP) is 22.4. The molecule has 0 saturated carbocycles. The molecule has 2 aliphatic heterocycles. The minimum atomic E-state index is -1.52. The molecule has 10 aromatic rings. The van der Waals surface area contributed by atoms with E-state index in [0.29, 0.717) is 71.5 Å². The molecule has 30 heteroatoms.